The largest absolute Gasteiger partial charge is 0.489 e. The summed E-state index contributed by atoms with van der Waals surface area (Å²) in [6, 6.07) is 11.1. The third kappa shape index (κ3) is 4.03. The van der Waals surface area contributed by atoms with Crippen molar-refractivity contribution in [2.45, 2.75) is 12.5 Å². The van der Waals surface area contributed by atoms with E-state index in [4.69, 9.17) is 39.5 Å². The molecule has 2 aromatic carbocycles. The molecule has 0 atom stereocenters. The van der Waals surface area contributed by atoms with E-state index >= 15 is 0 Å². The lowest BCUT2D eigenvalue weighted by atomic mass is 10.2. The van der Waals surface area contributed by atoms with Crippen LogP contribution in [0.15, 0.2) is 40.9 Å². The lowest BCUT2D eigenvalue weighted by Crippen LogP contribution is -1.98. The molecule has 0 aliphatic carbocycles. The smallest absolute Gasteiger partial charge is 0.124 e. The average Bonchev–Trinajstić information content (AvgIpc) is 2.39. The summed E-state index contributed by atoms with van der Waals surface area (Å²) in [5.41, 5.74) is 1.82. The monoisotopic (exact) mass is 378 g/mol. The third-order valence-electron chi connectivity index (χ3n) is 2.56. The van der Waals surface area contributed by atoms with Crippen molar-refractivity contribution in [3.8, 4) is 5.75 Å². The Kier molecular flexibility index (Phi) is 5.40. The van der Waals surface area contributed by atoms with Crippen LogP contribution in [0.4, 0.5) is 0 Å². The molecule has 19 heavy (non-hydrogen) atoms. The summed E-state index contributed by atoms with van der Waals surface area (Å²) in [4.78, 5) is 0. The second-order valence-electron chi connectivity index (χ2n) is 3.91. The van der Waals surface area contributed by atoms with Crippen LogP contribution in [-0.4, -0.2) is 0 Å². The van der Waals surface area contributed by atoms with Gasteiger partial charge in [0.25, 0.3) is 0 Å². The van der Waals surface area contributed by atoms with Gasteiger partial charge in [0.05, 0.1) is 5.88 Å². The van der Waals surface area contributed by atoms with Crippen molar-refractivity contribution >= 4 is 50.7 Å². The number of hydrogen-bond acceptors (Lipinski definition) is 1. The second kappa shape index (κ2) is 6.85. The zero-order valence-electron chi connectivity index (χ0n) is 9.80. The van der Waals surface area contributed by atoms with Crippen molar-refractivity contribution in [2.75, 3.05) is 0 Å². The normalized spacial score (nSPS) is 10.5. The van der Waals surface area contributed by atoms with Gasteiger partial charge in [0.15, 0.2) is 0 Å². The maximum absolute atomic E-state index is 6.10. The van der Waals surface area contributed by atoms with Crippen LogP contribution in [-0.2, 0) is 12.5 Å². The summed E-state index contributed by atoms with van der Waals surface area (Å²) in [6.45, 7) is 0.377. The standard InChI is InChI=1S/C14H10BrCl3O/c15-11-2-4-14(10(5-11)7-16)19-8-9-1-3-12(17)6-13(9)18/h1-6H,7-8H2. The van der Waals surface area contributed by atoms with Crippen LogP contribution < -0.4 is 4.74 Å². The van der Waals surface area contributed by atoms with Gasteiger partial charge < -0.3 is 4.74 Å². The first-order chi connectivity index (χ1) is 9.10. The molecule has 0 aromatic heterocycles. The van der Waals surface area contributed by atoms with Crippen molar-refractivity contribution in [3.05, 3.63) is 62.0 Å². The number of alkyl halides is 1. The van der Waals surface area contributed by atoms with Crippen LogP contribution in [0.25, 0.3) is 0 Å². The Morgan fingerprint density at radius 1 is 1.00 bits per heavy atom. The number of halogens is 4. The van der Waals surface area contributed by atoms with Gasteiger partial charge in [-0.05, 0) is 30.3 Å². The highest BCUT2D eigenvalue weighted by Crippen LogP contribution is 2.27. The average molecular weight is 380 g/mol. The first-order valence-electron chi connectivity index (χ1n) is 5.51. The van der Waals surface area contributed by atoms with Gasteiger partial charge in [-0.2, -0.15) is 0 Å². The Hall–Kier alpha value is -0.410. The van der Waals surface area contributed by atoms with Gasteiger partial charge in [-0.15, -0.1) is 11.6 Å². The van der Waals surface area contributed by atoms with E-state index in [2.05, 4.69) is 15.9 Å². The highest BCUT2D eigenvalue weighted by atomic mass is 79.9. The lowest BCUT2D eigenvalue weighted by molar-refractivity contribution is 0.304. The van der Waals surface area contributed by atoms with Crippen molar-refractivity contribution in [1.82, 2.24) is 0 Å². The molecule has 5 heteroatoms. The Morgan fingerprint density at radius 2 is 1.79 bits per heavy atom. The van der Waals surface area contributed by atoms with Crippen LogP contribution >= 0.6 is 50.7 Å². The predicted octanol–water partition coefficient (Wildman–Crippen LogP) is 6.07. The molecule has 0 bridgehead atoms. The van der Waals surface area contributed by atoms with E-state index < -0.39 is 0 Å². The summed E-state index contributed by atoms with van der Waals surface area (Å²) in [7, 11) is 0. The Balaban J connectivity index is 2.14. The van der Waals surface area contributed by atoms with Crippen molar-refractivity contribution in [1.29, 1.82) is 0 Å². The molecular formula is C14H10BrCl3O. The van der Waals surface area contributed by atoms with E-state index in [0.29, 0.717) is 22.5 Å². The Morgan fingerprint density at radius 3 is 2.47 bits per heavy atom. The van der Waals surface area contributed by atoms with E-state index in [1.165, 1.54) is 0 Å². The minimum absolute atomic E-state index is 0.377. The van der Waals surface area contributed by atoms with Gasteiger partial charge >= 0.3 is 0 Å². The van der Waals surface area contributed by atoms with Gasteiger partial charge in [0.2, 0.25) is 0 Å². The van der Waals surface area contributed by atoms with Gasteiger partial charge in [-0.1, -0.05) is 45.2 Å². The van der Waals surface area contributed by atoms with Gasteiger partial charge in [-0.25, -0.2) is 0 Å². The zero-order chi connectivity index (χ0) is 13.8. The highest BCUT2D eigenvalue weighted by Gasteiger charge is 2.06. The van der Waals surface area contributed by atoms with Crippen LogP contribution in [0.1, 0.15) is 11.1 Å². The summed E-state index contributed by atoms with van der Waals surface area (Å²) < 4.78 is 6.73. The lowest BCUT2D eigenvalue weighted by Gasteiger charge is -2.11. The van der Waals surface area contributed by atoms with E-state index in [1.807, 2.05) is 24.3 Å². The molecular weight excluding hydrogens is 370 g/mol. The first-order valence-corrected chi connectivity index (χ1v) is 7.59. The van der Waals surface area contributed by atoms with E-state index in [1.54, 1.807) is 12.1 Å². The molecule has 1 nitrogen and oxygen atoms in total. The van der Waals surface area contributed by atoms with Crippen molar-refractivity contribution < 1.29 is 4.74 Å². The summed E-state index contributed by atoms with van der Waals surface area (Å²) >= 11 is 21.2. The fourth-order valence-electron chi connectivity index (χ4n) is 1.59. The SMILES string of the molecule is ClCc1cc(Br)ccc1OCc1ccc(Cl)cc1Cl. The first kappa shape index (κ1) is 15.0. The van der Waals surface area contributed by atoms with E-state index in [0.717, 1.165) is 21.3 Å². The second-order valence-corrected chi connectivity index (χ2v) is 5.94. The minimum Gasteiger partial charge on any atom is -0.489 e. The van der Waals surface area contributed by atoms with Gasteiger partial charge in [-0.3, -0.25) is 0 Å². The molecule has 0 unspecified atom stereocenters. The molecule has 2 aromatic rings. The van der Waals surface area contributed by atoms with Crippen LogP contribution in [0.2, 0.25) is 10.0 Å². The van der Waals surface area contributed by atoms with Gasteiger partial charge in [0, 0.05) is 25.6 Å². The minimum atomic E-state index is 0.377. The molecule has 0 aliphatic heterocycles. The van der Waals surface area contributed by atoms with Crippen LogP contribution in [0.3, 0.4) is 0 Å². The molecule has 0 saturated heterocycles. The zero-order valence-corrected chi connectivity index (χ0v) is 13.7. The van der Waals surface area contributed by atoms with E-state index in [-0.39, 0.29) is 0 Å². The summed E-state index contributed by atoms with van der Waals surface area (Å²) in [5.74, 6) is 1.15. The number of ether oxygens (including phenoxy) is 1. The number of hydrogen-bond donors (Lipinski definition) is 0. The number of benzene rings is 2. The highest BCUT2D eigenvalue weighted by molar-refractivity contribution is 9.10. The molecule has 0 N–H and O–H groups in total. The van der Waals surface area contributed by atoms with Crippen molar-refractivity contribution in [3.63, 3.8) is 0 Å². The molecule has 0 heterocycles. The molecule has 0 saturated carbocycles. The van der Waals surface area contributed by atoms with Crippen LogP contribution in [0, 0.1) is 0 Å². The Labute approximate surface area is 135 Å². The fourth-order valence-corrected chi connectivity index (χ4v) is 2.67. The quantitative estimate of drug-likeness (QED) is 0.585. The number of rotatable bonds is 4. The van der Waals surface area contributed by atoms with Gasteiger partial charge in [0.1, 0.15) is 12.4 Å². The van der Waals surface area contributed by atoms with E-state index in [9.17, 15) is 0 Å². The molecule has 0 radical (unpaired) electrons. The maximum atomic E-state index is 6.10. The van der Waals surface area contributed by atoms with Crippen LogP contribution in [0.5, 0.6) is 5.75 Å². The molecule has 0 spiro atoms. The fraction of sp³-hybridized carbons (Fsp3) is 0.143. The molecule has 0 aliphatic rings. The maximum Gasteiger partial charge on any atom is 0.124 e. The topological polar surface area (TPSA) is 9.23 Å². The summed E-state index contributed by atoms with van der Waals surface area (Å²) in [5, 5.41) is 1.20. The predicted molar refractivity (Wildman–Crippen MR) is 84.5 cm³/mol. The molecule has 100 valence electrons. The molecule has 0 amide bonds. The molecule has 2 rings (SSSR count). The van der Waals surface area contributed by atoms with Crippen molar-refractivity contribution in [2.24, 2.45) is 0 Å². The Bertz CT molecular complexity index is 587. The molecule has 0 fully saturated rings. The third-order valence-corrected chi connectivity index (χ3v) is 3.93. The summed E-state index contributed by atoms with van der Waals surface area (Å²) in [6.07, 6.45) is 0.